The molecule has 1 fully saturated rings. The predicted molar refractivity (Wildman–Crippen MR) is 133 cm³/mol. The summed E-state index contributed by atoms with van der Waals surface area (Å²) in [4.78, 5) is 33.1. The van der Waals surface area contributed by atoms with Gasteiger partial charge in [-0.15, -0.1) is 0 Å². The molecule has 0 aliphatic heterocycles. The molecule has 0 atom stereocenters. The highest BCUT2D eigenvalue weighted by Gasteiger charge is 2.39. The van der Waals surface area contributed by atoms with Crippen molar-refractivity contribution in [3.8, 4) is 0 Å². The monoisotopic (exact) mass is 499 g/mol. The Kier molecular flexibility index (Phi) is 7.16. The Morgan fingerprint density at radius 2 is 1.67 bits per heavy atom. The molecular formula is C28H32F3N3O2. The van der Waals surface area contributed by atoms with Crippen LogP contribution in [0.4, 0.5) is 13.2 Å². The lowest BCUT2D eigenvalue weighted by Gasteiger charge is -2.32. The number of fused-ring (bicyclic) bond motifs is 1. The van der Waals surface area contributed by atoms with E-state index in [0.29, 0.717) is 18.5 Å². The first-order valence-electron chi connectivity index (χ1n) is 12.2. The van der Waals surface area contributed by atoms with Gasteiger partial charge in [-0.2, -0.15) is 13.2 Å². The number of nitrogens with one attached hydrogen (secondary N) is 1. The summed E-state index contributed by atoms with van der Waals surface area (Å²) in [5.41, 5.74) is 1.34. The van der Waals surface area contributed by atoms with Gasteiger partial charge in [0.05, 0.1) is 5.56 Å². The second-order valence-electron chi connectivity index (χ2n) is 10.5. The molecule has 1 aromatic heterocycles. The van der Waals surface area contributed by atoms with Gasteiger partial charge in [-0.1, -0.05) is 51.1 Å². The zero-order chi connectivity index (χ0) is 26.1. The summed E-state index contributed by atoms with van der Waals surface area (Å²) in [6.07, 6.45) is -0.160. The van der Waals surface area contributed by atoms with E-state index in [-0.39, 0.29) is 30.9 Å². The summed E-state index contributed by atoms with van der Waals surface area (Å²) in [5, 5.41) is 1.07. The van der Waals surface area contributed by atoms with Crippen LogP contribution >= 0.6 is 0 Å². The molecule has 5 nitrogen and oxygen atoms in total. The van der Waals surface area contributed by atoms with Gasteiger partial charge >= 0.3 is 6.18 Å². The molecule has 3 aromatic rings. The van der Waals surface area contributed by atoms with Gasteiger partial charge in [0.1, 0.15) is 6.54 Å². The molecule has 1 aliphatic carbocycles. The Morgan fingerprint density at radius 1 is 1.00 bits per heavy atom. The highest BCUT2D eigenvalue weighted by atomic mass is 19.4. The largest absolute Gasteiger partial charge is 0.416 e. The highest BCUT2D eigenvalue weighted by Crippen LogP contribution is 2.32. The number of hydrogen-bond donors (Lipinski definition) is 1. The Balaban J connectivity index is 1.54. The number of hydrogen-bond acceptors (Lipinski definition) is 2. The minimum Gasteiger partial charge on any atom is -0.361 e. The second-order valence-corrected chi connectivity index (χ2v) is 10.5. The summed E-state index contributed by atoms with van der Waals surface area (Å²) in [6.45, 7) is 6.03. The molecule has 4 rings (SSSR count). The lowest BCUT2D eigenvalue weighted by atomic mass is 9.94. The van der Waals surface area contributed by atoms with Gasteiger partial charge in [-0.3, -0.25) is 9.59 Å². The Morgan fingerprint density at radius 3 is 2.28 bits per heavy atom. The maximum absolute atomic E-state index is 13.5. The number of rotatable bonds is 8. The van der Waals surface area contributed by atoms with Crippen molar-refractivity contribution in [1.82, 2.24) is 14.8 Å². The van der Waals surface area contributed by atoms with Gasteiger partial charge in [0.15, 0.2) is 0 Å². The van der Waals surface area contributed by atoms with Crippen LogP contribution in [0.15, 0.2) is 54.7 Å². The number of para-hydroxylation sites is 1. The molecule has 0 spiro atoms. The SMILES string of the molecule is CC(C)(C)C(=O)N(CC(=O)N(CCc1c[nH]c2ccccc12)Cc1ccc(C(F)(F)F)cc1)C1CC1. The van der Waals surface area contributed by atoms with E-state index in [9.17, 15) is 22.8 Å². The van der Waals surface area contributed by atoms with Crippen LogP contribution in [0.1, 0.15) is 50.3 Å². The molecule has 36 heavy (non-hydrogen) atoms. The van der Waals surface area contributed by atoms with Crippen molar-refractivity contribution in [2.75, 3.05) is 13.1 Å². The summed E-state index contributed by atoms with van der Waals surface area (Å²) in [5.74, 6) is -0.274. The topological polar surface area (TPSA) is 56.4 Å². The van der Waals surface area contributed by atoms with Gasteiger partial charge in [0.25, 0.3) is 0 Å². The zero-order valence-corrected chi connectivity index (χ0v) is 20.9. The zero-order valence-electron chi connectivity index (χ0n) is 20.9. The van der Waals surface area contributed by atoms with Gasteiger partial charge < -0.3 is 14.8 Å². The van der Waals surface area contributed by atoms with Crippen molar-refractivity contribution in [3.05, 3.63) is 71.4 Å². The van der Waals surface area contributed by atoms with Crippen LogP contribution < -0.4 is 0 Å². The lowest BCUT2D eigenvalue weighted by molar-refractivity contribution is -0.146. The molecule has 2 amide bonds. The molecular weight excluding hydrogens is 467 g/mol. The summed E-state index contributed by atoms with van der Waals surface area (Å²) >= 11 is 0. The van der Waals surface area contributed by atoms with Crippen LogP contribution in [0, 0.1) is 5.41 Å². The van der Waals surface area contributed by atoms with E-state index in [4.69, 9.17) is 0 Å². The van der Waals surface area contributed by atoms with Gasteiger partial charge in [0, 0.05) is 41.6 Å². The number of H-pyrrole nitrogens is 1. The van der Waals surface area contributed by atoms with Crippen LogP contribution in [-0.4, -0.2) is 45.7 Å². The third-order valence-corrected chi connectivity index (χ3v) is 6.53. The van der Waals surface area contributed by atoms with Crippen molar-refractivity contribution in [2.24, 2.45) is 5.41 Å². The Bertz CT molecular complexity index is 1220. The molecule has 0 bridgehead atoms. The normalized spacial score (nSPS) is 14.2. The van der Waals surface area contributed by atoms with Gasteiger partial charge in [-0.05, 0) is 48.6 Å². The van der Waals surface area contributed by atoms with E-state index in [1.165, 1.54) is 12.1 Å². The molecule has 8 heteroatoms. The number of halogens is 3. The smallest absolute Gasteiger partial charge is 0.361 e. The molecule has 1 aliphatic rings. The number of benzene rings is 2. The first kappa shape index (κ1) is 25.8. The van der Waals surface area contributed by atoms with Crippen LogP contribution in [0.3, 0.4) is 0 Å². The van der Waals surface area contributed by atoms with Crippen molar-refractivity contribution in [2.45, 2.75) is 58.8 Å². The lowest BCUT2D eigenvalue weighted by Crippen LogP contribution is -2.47. The summed E-state index contributed by atoms with van der Waals surface area (Å²) in [6, 6.07) is 12.9. The van der Waals surface area contributed by atoms with Crippen LogP contribution in [0.5, 0.6) is 0 Å². The first-order chi connectivity index (χ1) is 16.9. The Labute approximate surface area is 209 Å². The molecule has 192 valence electrons. The van der Waals surface area contributed by atoms with Crippen molar-refractivity contribution in [1.29, 1.82) is 0 Å². The van der Waals surface area contributed by atoms with Crippen LogP contribution in [-0.2, 0) is 28.7 Å². The minimum absolute atomic E-state index is 0.0325. The molecule has 1 heterocycles. The summed E-state index contributed by atoms with van der Waals surface area (Å²) < 4.78 is 39.0. The van der Waals surface area contributed by atoms with Crippen molar-refractivity contribution < 1.29 is 22.8 Å². The highest BCUT2D eigenvalue weighted by molar-refractivity contribution is 5.88. The predicted octanol–water partition coefficient (Wildman–Crippen LogP) is 5.80. The Hall–Kier alpha value is -3.29. The number of carbonyl (C=O) groups excluding carboxylic acids is 2. The molecule has 1 saturated carbocycles. The van der Waals surface area contributed by atoms with Gasteiger partial charge in [-0.25, -0.2) is 0 Å². The maximum Gasteiger partial charge on any atom is 0.416 e. The number of aromatic nitrogens is 1. The van der Waals surface area contributed by atoms with Crippen LogP contribution in [0.2, 0.25) is 0 Å². The number of carbonyl (C=O) groups is 2. The third-order valence-electron chi connectivity index (χ3n) is 6.53. The minimum atomic E-state index is -4.42. The quantitative estimate of drug-likeness (QED) is 0.426. The third kappa shape index (κ3) is 6.09. The second kappa shape index (κ2) is 9.99. The fraction of sp³-hybridized carbons (Fsp3) is 0.429. The van der Waals surface area contributed by atoms with E-state index in [0.717, 1.165) is 41.4 Å². The average molecular weight is 500 g/mol. The van der Waals surface area contributed by atoms with Gasteiger partial charge in [0.2, 0.25) is 11.8 Å². The molecule has 1 N–H and O–H groups in total. The molecule has 0 radical (unpaired) electrons. The number of amides is 2. The number of alkyl halides is 3. The van der Waals surface area contributed by atoms with Crippen molar-refractivity contribution >= 4 is 22.7 Å². The van der Waals surface area contributed by atoms with E-state index < -0.39 is 17.2 Å². The molecule has 2 aromatic carbocycles. The average Bonchev–Trinajstić information content (AvgIpc) is 3.58. The van der Waals surface area contributed by atoms with E-state index in [1.54, 1.807) is 9.80 Å². The fourth-order valence-electron chi connectivity index (χ4n) is 4.33. The van der Waals surface area contributed by atoms with E-state index in [1.807, 2.05) is 51.2 Å². The molecule has 0 saturated heterocycles. The van der Waals surface area contributed by atoms with E-state index in [2.05, 4.69) is 4.98 Å². The summed E-state index contributed by atoms with van der Waals surface area (Å²) in [7, 11) is 0. The van der Waals surface area contributed by atoms with E-state index >= 15 is 0 Å². The molecule has 0 unspecified atom stereocenters. The first-order valence-corrected chi connectivity index (χ1v) is 12.2. The van der Waals surface area contributed by atoms with Crippen LogP contribution in [0.25, 0.3) is 10.9 Å². The number of aromatic amines is 1. The fourth-order valence-corrected chi connectivity index (χ4v) is 4.33. The van der Waals surface area contributed by atoms with Crippen molar-refractivity contribution in [3.63, 3.8) is 0 Å². The standard InChI is InChI=1S/C28H32F3N3O2/c1-27(2,3)26(36)34(22-12-13-22)18-25(35)33(17-19-8-10-21(11-9-19)28(29,30)31)15-14-20-16-32-24-7-5-4-6-23(20)24/h4-11,16,22,32H,12-15,17-18H2,1-3H3. The number of nitrogens with zero attached hydrogens (tertiary/aromatic N) is 2. The maximum atomic E-state index is 13.5.